The molecule has 6 nitrogen and oxygen atoms in total. The maximum absolute atomic E-state index is 12.9. The van der Waals surface area contributed by atoms with Gasteiger partial charge in [-0.05, 0) is 48.5 Å². The first-order chi connectivity index (χ1) is 14.7. The average Bonchev–Trinajstić information content (AvgIpc) is 3.34. The zero-order valence-electron chi connectivity index (χ0n) is 16.1. The molecule has 0 aromatic heterocycles. The zero-order chi connectivity index (χ0) is 22.2. The molecule has 0 bridgehead atoms. The van der Waals surface area contributed by atoms with Gasteiger partial charge in [-0.3, -0.25) is 4.79 Å². The summed E-state index contributed by atoms with van der Waals surface area (Å²) in [6, 6.07) is 11.4. The van der Waals surface area contributed by atoms with Crippen LogP contribution in [0.3, 0.4) is 0 Å². The first-order valence-corrected chi connectivity index (χ1v) is 9.79. The molecule has 31 heavy (non-hydrogen) atoms. The number of alkyl halides is 3. The second-order valence-electron chi connectivity index (χ2n) is 7.19. The highest BCUT2D eigenvalue weighted by Gasteiger charge is 2.39. The van der Waals surface area contributed by atoms with Crippen LogP contribution in [-0.2, 0) is 4.74 Å². The fourth-order valence-corrected chi connectivity index (χ4v) is 3.74. The average molecular weight is 455 g/mol. The largest absolute Gasteiger partial charge is 0.573 e. The normalized spacial score (nSPS) is 21.1. The number of nitrogens with zero attached hydrogens (tertiary/aromatic N) is 2. The van der Waals surface area contributed by atoms with E-state index in [1.54, 1.807) is 40.3 Å². The van der Waals surface area contributed by atoms with Crippen molar-refractivity contribution in [1.29, 1.82) is 0 Å². The fourth-order valence-electron chi connectivity index (χ4n) is 3.61. The van der Waals surface area contributed by atoms with Crippen LogP contribution in [-0.4, -0.2) is 47.7 Å². The molecule has 2 heterocycles. The van der Waals surface area contributed by atoms with Crippen LogP contribution in [0.5, 0.6) is 5.75 Å². The molecule has 164 valence electrons. The van der Waals surface area contributed by atoms with Gasteiger partial charge in [0.05, 0.1) is 12.1 Å². The molecule has 1 fully saturated rings. The van der Waals surface area contributed by atoms with Crippen molar-refractivity contribution in [2.75, 3.05) is 18.2 Å². The Kier molecular flexibility index (Phi) is 5.72. The molecular formula is C21H18ClF3N2O4. The SMILES string of the molecule is O=C(c1ccc(Cl)cc1)N1C[C@H](O)C[C@H]1C1=CN(c2ccc(OC(F)(F)F)cc2)CO1. The molecule has 1 saturated heterocycles. The number of hydrogen-bond acceptors (Lipinski definition) is 5. The lowest BCUT2D eigenvalue weighted by molar-refractivity contribution is -0.274. The summed E-state index contributed by atoms with van der Waals surface area (Å²) >= 11 is 5.88. The monoisotopic (exact) mass is 454 g/mol. The van der Waals surface area contributed by atoms with Crippen LogP contribution in [0.15, 0.2) is 60.5 Å². The molecule has 1 amide bonds. The summed E-state index contributed by atoms with van der Waals surface area (Å²) in [6.07, 6.45) is -3.45. The van der Waals surface area contributed by atoms with Gasteiger partial charge in [-0.15, -0.1) is 13.2 Å². The van der Waals surface area contributed by atoms with Crippen LogP contribution in [0, 0.1) is 0 Å². The van der Waals surface area contributed by atoms with Crippen molar-refractivity contribution in [3.63, 3.8) is 0 Å². The number of benzene rings is 2. The van der Waals surface area contributed by atoms with E-state index < -0.39 is 18.5 Å². The van der Waals surface area contributed by atoms with E-state index in [1.165, 1.54) is 24.3 Å². The number of β-amino-alcohol motifs (C(OH)–C–C–N with tert-alkyl or cyclic N) is 1. The first kappa shape index (κ1) is 21.3. The third-order valence-electron chi connectivity index (χ3n) is 5.01. The second-order valence-corrected chi connectivity index (χ2v) is 7.62. The minimum Gasteiger partial charge on any atom is -0.473 e. The summed E-state index contributed by atoms with van der Waals surface area (Å²) in [5.74, 6) is -0.0801. The Morgan fingerprint density at radius 1 is 1.13 bits per heavy atom. The smallest absolute Gasteiger partial charge is 0.473 e. The predicted molar refractivity (Wildman–Crippen MR) is 107 cm³/mol. The van der Waals surface area contributed by atoms with Gasteiger partial charge in [0.1, 0.15) is 11.5 Å². The first-order valence-electron chi connectivity index (χ1n) is 9.41. The molecular weight excluding hydrogens is 437 g/mol. The van der Waals surface area contributed by atoms with Gasteiger partial charge in [0.15, 0.2) is 6.73 Å². The fraction of sp³-hybridized carbons (Fsp3) is 0.286. The van der Waals surface area contributed by atoms with E-state index in [2.05, 4.69) is 4.74 Å². The molecule has 1 N–H and O–H groups in total. The Bertz CT molecular complexity index is 980. The Labute approximate surface area is 181 Å². The van der Waals surface area contributed by atoms with Crippen molar-refractivity contribution < 1.29 is 32.5 Å². The van der Waals surface area contributed by atoms with Gasteiger partial charge in [-0.1, -0.05) is 11.6 Å². The number of carbonyl (C=O) groups is 1. The lowest BCUT2D eigenvalue weighted by Gasteiger charge is -2.24. The molecule has 0 aliphatic carbocycles. The van der Waals surface area contributed by atoms with Gasteiger partial charge in [0.2, 0.25) is 0 Å². The number of amides is 1. The maximum atomic E-state index is 12.9. The third kappa shape index (κ3) is 4.88. The summed E-state index contributed by atoms with van der Waals surface area (Å²) in [4.78, 5) is 16.2. The minimum absolute atomic E-state index is 0.129. The summed E-state index contributed by atoms with van der Waals surface area (Å²) in [6.45, 7) is 0.292. The molecule has 0 saturated carbocycles. The number of likely N-dealkylation sites (tertiary alicyclic amines) is 1. The highest BCUT2D eigenvalue weighted by molar-refractivity contribution is 6.30. The number of carbonyl (C=O) groups excluding carboxylic acids is 1. The molecule has 0 unspecified atom stereocenters. The number of hydrogen-bond donors (Lipinski definition) is 1. The standard InChI is InChI=1S/C21H18ClF3N2O4/c22-14-3-1-13(2-4-14)20(29)27-10-16(28)9-18(27)19-11-26(12-30-19)15-5-7-17(8-6-15)31-21(23,24)25/h1-8,11,16,18,28H,9-10,12H2/t16-,18+/m1/s1. The van der Waals surface area contributed by atoms with Crippen molar-refractivity contribution in [2.24, 2.45) is 0 Å². The Balaban J connectivity index is 1.50. The van der Waals surface area contributed by atoms with Crippen molar-refractivity contribution >= 4 is 23.2 Å². The van der Waals surface area contributed by atoms with Gasteiger partial charge < -0.3 is 24.4 Å². The van der Waals surface area contributed by atoms with Crippen molar-refractivity contribution in [3.05, 3.63) is 71.1 Å². The van der Waals surface area contributed by atoms with E-state index in [0.717, 1.165) is 0 Å². The predicted octanol–water partition coefficient (Wildman–Crippen LogP) is 4.15. The van der Waals surface area contributed by atoms with Crippen molar-refractivity contribution in [2.45, 2.75) is 24.9 Å². The zero-order valence-corrected chi connectivity index (χ0v) is 16.8. The molecule has 0 spiro atoms. The van der Waals surface area contributed by atoms with E-state index in [4.69, 9.17) is 16.3 Å². The maximum Gasteiger partial charge on any atom is 0.573 e. The molecule has 10 heteroatoms. The van der Waals surface area contributed by atoms with E-state index in [0.29, 0.717) is 28.5 Å². The number of aliphatic hydroxyl groups is 1. The highest BCUT2D eigenvalue weighted by atomic mass is 35.5. The summed E-state index contributed by atoms with van der Waals surface area (Å²) in [5.41, 5.74) is 1.04. The topological polar surface area (TPSA) is 62.2 Å². The molecule has 0 radical (unpaired) electrons. The number of anilines is 1. The summed E-state index contributed by atoms with van der Waals surface area (Å²) < 4.78 is 46.6. The van der Waals surface area contributed by atoms with Crippen LogP contribution in [0.2, 0.25) is 5.02 Å². The second kappa shape index (κ2) is 8.32. The number of aliphatic hydroxyl groups excluding tert-OH is 1. The van der Waals surface area contributed by atoms with E-state index in [9.17, 15) is 23.1 Å². The lowest BCUT2D eigenvalue weighted by Crippen LogP contribution is -2.37. The van der Waals surface area contributed by atoms with E-state index >= 15 is 0 Å². The van der Waals surface area contributed by atoms with Crippen LogP contribution < -0.4 is 9.64 Å². The molecule has 4 rings (SSSR count). The van der Waals surface area contributed by atoms with E-state index in [1.807, 2.05) is 0 Å². The van der Waals surface area contributed by atoms with Crippen LogP contribution >= 0.6 is 11.6 Å². The Morgan fingerprint density at radius 3 is 2.45 bits per heavy atom. The number of halogens is 4. The minimum atomic E-state index is -4.76. The quantitative estimate of drug-likeness (QED) is 0.752. The van der Waals surface area contributed by atoms with Crippen LogP contribution in [0.4, 0.5) is 18.9 Å². The molecule has 2 aliphatic rings. The van der Waals surface area contributed by atoms with Crippen LogP contribution in [0.1, 0.15) is 16.8 Å². The summed E-state index contributed by atoms with van der Waals surface area (Å²) in [7, 11) is 0. The molecule has 2 aromatic carbocycles. The van der Waals surface area contributed by atoms with E-state index in [-0.39, 0.29) is 24.9 Å². The highest BCUT2D eigenvalue weighted by Crippen LogP contribution is 2.32. The molecule has 2 atom stereocenters. The van der Waals surface area contributed by atoms with Gasteiger partial charge >= 0.3 is 6.36 Å². The van der Waals surface area contributed by atoms with Crippen molar-refractivity contribution in [3.8, 4) is 5.75 Å². The molecule has 2 aliphatic heterocycles. The third-order valence-corrected chi connectivity index (χ3v) is 5.27. The lowest BCUT2D eigenvalue weighted by atomic mass is 10.1. The Hall–Kier alpha value is -2.91. The van der Waals surface area contributed by atoms with Crippen LogP contribution in [0.25, 0.3) is 0 Å². The van der Waals surface area contributed by atoms with Gasteiger partial charge in [0.25, 0.3) is 5.91 Å². The summed E-state index contributed by atoms with van der Waals surface area (Å²) in [5, 5.41) is 10.7. The molecule has 2 aromatic rings. The van der Waals surface area contributed by atoms with Crippen molar-refractivity contribution in [1.82, 2.24) is 4.90 Å². The van der Waals surface area contributed by atoms with Gasteiger partial charge in [-0.2, -0.15) is 0 Å². The van der Waals surface area contributed by atoms with Gasteiger partial charge in [-0.25, -0.2) is 0 Å². The number of rotatable bonds is 4. The Morgan fingerprint density at radius 2 is 1.81 bits per heavy atom. The van der Waals surface area contributed by atoms with Gasteiger partial charge in [0, 0.05) is 35.4 Å². The number of ether oxygens (including phenoxy) is 2.